The van der Waals surface area contributed by atoms with Crippen LogP contribution in [-0.2, 0) is 12.8 Å². The Morgan fingerprint density at radius 3 is 2.00 bits per heavy atom. The maximum atomic E-state index is 8.36. The van der Waals surface area contributed by atoms with Crippen molar-refractivity contribution in [1.82, 2.24) is 5.43 Å². The lowest BCUT2D eigenvalue weighted by Gasteiger charge is -1.97. The van der Waals surface area contributed by atoms with Gasteiger partial charge in [0.1, 0.15) is 0 Å². The molecule has 0 saturated heterocycles. The number of hydrogen-bond donors (Lipinski definition) is 3. The molecule has 0 bridgehead atoms. The number of rotatable bonds is 6. The summed E-state index contributed by atoms with van der Waals surface area (Å²) in [4.78, 5) is 8.36. The van der Waals surface area contributed by atoms with Crippen molar-refractivity contribution in [1.29, 1.82) is 0 Å². The highest BCUT2D eigenvalue weighted by Crippen LogP contribution is 1.98. The van der Waals surface area contributed by atoms with E-state index in [4.69, 9.17) is 21.1 Å². The summed E-state index contributed by atoms with van der Waals surface area (Å²) < 4.78 is 0. The van der Waals surface area contributed by atoms with Gasteiger partial charge in [-0.25, -0.2) is 5.43 Å². The van der Waals surface area contributed by atoms with Crippen LogP contribution in [0, 0.1) is 10.1 Å². The topological polar surface area (TPSA) is 138 Å². The molecule has 9 nitrogen and oxygen atoms in total. The number of guanidine groups is 1. The number of nitrogens with one attached hydrogen (secondary N) is 1. The third-order valence-electron chi connectivity index (χ3n) is 2.86. The molecule has 0 aliphatic rings. The van der Waals surface area contributed by atoms with Crippen molar-refractivity contribution in [2.75, 3.05) is 0 Å². The predicted molar refractivity (Wildman–Crippen MR) is 101 cm³/mol. The third-order valence-corrected chi connectivity index (χ3v) is 2.86. The van der Waals surface area contributed by atoms with Gasteiger partial charge in [-0.05, 0) is 11.1 Å². The summed E-state index contributed by atoms with van der Waals surface area (Å²) in [5.74, 6) is 0.161. The van der Waals surface area contributed by atoms with Crippen molar-refractivity contribution in [2.45, 2.75) is 12.8 Å². The highest BCUT2D eigenvalue weighted by Gasteiger charge is 1.89. The molecular weight excluding hydrogens is 336 g/mol. The van der Waals surface area contributed by atoms with Gasteiger partial charge in [0, 0.05) is 25.3 Å². The molecule has 0 heterocycles. The number of nitrogens with zero attached hydrogens (tertiary/aromatic N) is 4. The van der Waals surface area contributed by atoms with Crippen LogP contribution in [-0.4, -0.2) is 28.7 Å². The first-order chi connectivity index (χ1) is 12.6. The average molecular weight is 356 g/mol. The van der Waals surface area contributed by atoms with Crippen LogP contribution in [0.25, 0.3) is 0 Å². The molecule has 0 aliphatic carbocycles. The Morgan fingerprint density at radius 1 is 1.04 bits per heavy atom. The second-order valence-electron chi connectivity index (χ2n) is 4.82. The minimum atomic E-state index is -1.50. The van der Waals surface area contributed by atoms with Crippen molar-refractivity contribution in [3.63, 3.8) is 0 Å². The van der Waals surface area contributed by atoms with Crippen LogP contribution >= 0.6 is 0 Å². The molecule has 0 amide bonds. The number of nitrogens with two attached hydrogens (primary N) is 1. The first-order valence-electron chi connectivity index (χ1n) is 7.61. The van der Waals surface area contributed by atoms with Gasteiger partial charge in [-0.1, -0.05) is 60.7 Å². The molecule has 0 aromatic heterocycles. The Labute approximate surface area is 150 Å². The van der Waals surface area contributed by atoms with E-state index in [2.05, 4.69) is 20.7 Å². The molecule has 26 heavy (non-hydrogen) atoms. The highest BCUT2D eigenvalue weighted by molar-refractivity contribution is 5.79. The molecule has 0 fully saturated rings. The molecule has 0 aliphatic heterocycles. The van der Waals surface area contributed by atoms with Crippen LogP contribution in [0.3, 0.4) is 0 Å². The summed E-state index contributed by atoms with van der Waals surface area (Å²) >= 11 is 0. The number of hydrazone groups is 1. The van der Waals surface area contributed by atoms with Crippen LogP contribution in [0.2, 0.25) is 0 Å². The first-order valence-corrected chi connectivity index (χ1v) is 7.61. The van der Waals surface area contributed by atoms with E-state index in [1.807, 2.05) is 60.7 Å². The molecule has 0 atom stereocenters. The van der Waals surface area contributed by atoms with E-state index in [9.17, 15) is 0 Å². The van der Waals surface area contributed by atoms with E-state index in [1.165, 1.54) is 11.1 Å². The fraction of sp³-hybridized carbons (Fsp3) is 0.118. The highest BCUT2D eigenvalue weighted by atomic mass is 16.9. The molecule has 136 valence electrons. The van der Waals surface area contributed by atoms with E-state index in [1.54, 1.807) is 12.4 Å². The van der Waals surface area contributed by atoms with Gasteiger partial charge in [0.2, 0.25) is 5.96 Å². The predicted octanol–water partition coefficient (Wildman–Crippen LogP) is 2.00. The third kappa shape index (κ3) is 10.9. The van der Waals surface area contributed by atoms with Gasteiger partial charge in [0.15, 0.2) is 0 Å². The lowest BCUT2D eigenvalue weighted by atomic mass is 10.2. The smallest absolute Gasteiger partial charge is 0.291 e. The van der Waals surface area contributed by atoms with Crippen LogP contribution in [0.5, 0.6) is 0 Å². The van der Waals surface area contributed by atoms with Crippen molar-refractivity contribution in [3.8, 4) is 0 Å². The lowest BCUT2D eigenvalue weighted by Crippen LogP contribution is -2.26. The van der Waals surface area contributed by atoms with Gasteiger partial charge in [0.25, 0.3) is 5.09 Å². The molecule has 0 radical (unpaired) electrons. The van der Waals surface area contributed by atoms with Crippen LogP contribution < -0.4 is 11.2 Å². The second-order valence-corrected chi connectivity index (χ2v) is 4.82. The fourth-order valence-corrected chi connectivity index (χ4v) is 1.76. The van der Waals surface area contributed by atoms with Crippen molar-refractivity contribution >= 4 is 18.4 Å². The van der Waals surface area contributed by atoms with E-state index < -0.39 is 5.09 Å². The second kappa shape index (κ2) is 12.6. The molecular formula is C17H20N6O3. The number of hydrogen-bond acceptors (Lipinski definition) is 5. The maximum absolute atomic E-state index is 8.36. The Kier molecular flexibility index (Phi) is 9.87. The monoisotopic (exact) mass is 356 g/mol. The normalized spacial score (nSPS) is 11.2. The SMILES string of the molecule is N/C(=N\N=C/Cc1ccccc1)N/N=C/Cc1ccccc1.O=[N+]([O-])O. The van der Waals surface area contributed by atoms with Gasteiger partial charge in [0.05, 0.1) is 0 Å². The Morgan fingerprint density at radius 2 is 1.50 bits per heavy atom. The Bertz CT molecular complexity index is 729. The molecule has 0 spiro atoms. The summed E-state index contributed by atoms with van der Waals surface area (Å²) in [7, 11) is 0. The molecule has 9 heteroatoms. The van der Waals surface area contributed by atoms with Gasteiger partial charge < -0.3 is 10.9 Å². The zero-order chi connectivity index (χ0) is 19.0. The lowest BCUT2D eigenvalue weighted by molar-refractivity contribution is -0.742. The maximum Gasteiger partial charge on any atom is 0.291 e. The first kappa shape index (κ1) is 20.3. The number of benzene rings is 2. The minimum absolute atomic E-state index is 0.161. The van der Waals surface area contributed by atoms with Gasteiger partial charge in [-0.3, -0.25) is 0 Å². The largest absolute Gasteiger partial charge is 0.367 e. The van der Waals surface area contributed by atoms with Crippen LogP contribution in [0.15, 0.2) is 76.0 Å². The molecule has 4 N–H and O–H groups in total. The zero-order valence-corrected chi connectivity index (χ0v) is 14.0. The minimum Gasteiger partial charge on any atom is -0.367 e. The average Bonchev–Trinajstić information content (AvgIpc) is 2.64. The van der Waals surface area contributed by atoms with E-state index in [-0.39, 0.29) is 5.96 Å². The van der Waals surface area contributed by atoms with E-state index in [0.717, 1.165) is 12.8 Å². The van der Waals surface area contributed by atoms with Gasteiger partial charge in [-0.15, -0.1) is 15.2 Å². The molecule has 2 aromatic rings. The Balaban J connectivity index is 0.000000765. The van der Waals surface area contributed by atoms with E-state index in [0.29, 0.717) is 0 Å². The zero-order valence-electron chi connectivity index (χ0n) is 14.0. The van der Waals surface area contributed by atoms with Crippen LogP contribution in [0.1, 0.15) is 11.1 Å². The summed E-state index contributed by atoms with van der Waals surface area (Å²) in [6, 6.07) is 20.1. The summed E-state index contributed by atoms with van der Waals surface area (Å²) in [6.45, 7) is 0. The molecule has 2 rings (SSSR count). The van der Waals surface area contributed by atoms with Crippen molar-refractivity contribution in [3.05, 3.63) is 81.9 Å². The van der Waals surface area contributed by atoms with Crippen molar-refractivity contribution in [2.24, 2.45) is 21.0 Å². The quantitative estimate of drug-likeness (QED) is 0.314. The summed E-state index contributed by atoms with van der Waals surface area (Å²) in [6.07, 6.45) is 4.90. The molecule has 0 saturated carbocycles. The van der Waals surface area contributed by atoms with Crippen LogP contribution in [0.4, 0.5) is 0 Å². The standard InChI is InChI=1S/C17H19N5.HNO3/c18-17(21-19-13-11-15-7-3-1-4-8-15)22-20-14-12-16-9-5-2-6-10-16;2-1(3)4/h1-10,13-14H,11-12H2,(H3,18,21,22);(H,2,3,4)/b19-13-,20-14+;. The van der Waals surface area contributed by atoms with E-state index >= 15 is 0 Å². The van der Waals surface area contributed by atoms with Gasteiger partial charge in [-0.2, -0.15) is 10.2 Å². The summed E-state index contributed by atoms with van der Waals surface area (Å²) in [5, 5.41) is 25.4. The fourth-order valence-electron chi connectivity index (χ4n) is 1.76. The Hall–Kier alpha value is -3.75. The molecule has 2 aromatic carbocycles. The van der Waals surface area contributed by atoms with Gasteiger partial charge >= 0.3 is 0 Å². The van der Waals surface area contributed by atoms with Crippen molar-refractivity contribution < 1.29 is 10.3 Å². The summed E-state index contributed by atoms with van der Waals surface area (Å²) in [5.41, 5.74) is 10.6. The molecule has 0 unspecified atom stereocenters.